The number of nitrogens with two attached hydrogens (primary N) is 4. The third-order valence-electron chi connectivity index (χ3n) is 11.3. The first-order valence-electron chi connectivity index (χ1n) is 19.2. The van der Waals surface area contributed by atoms with Crippen molar-refractivity contribution in [3.05, 3.63) is 71.3 Å². The number of nitrogen functional groups attached to an aromatic ring is 2. The summed E-state index contributed by atoms with van der Waals surface area (Å²) in [6.07, 6.45) is 5.52. The molecule has 0 spiro atoms. The molecule has 21 heteroatoms. The number of aromatic nitrogens is 4. The lowest BCUT2D eigenvalue weighted by molar-refractivity contribution is 0.374. The molecule has 2 saturated heterocycles. The SMILES string of the molecule is COc1c(F)c(F)cc2c(=O)n(N)c(=O)n(C3CC3)c12.COc1c(N2CCC(C(N)CC#N)C2)c(F)cc2c(=O)n(N)c(=O)n(C3CC3)c12.N#CCC(N)C1CCNC1. The molecule has 0 radical (unpaired) electrons. The number of rotatable bonds is 9. The molecular weight excluding hydrogens is 777 g/mol. The van der Waals surface area contributed by atoms with Gasteiger partial charge in [0.15, 0.2) is 23.1 Å². The maximum atomic E-state index is 15.2. The summed E-state index contributed by atoms with van der Waals surface area (Å²) in [5, 5.41) is 20.3. The van der Waals surface area contributed by atoms with E-state index in [1.54, 1.807) is 0 Å². The van der Waals surface area contributed by atoms with Gasteiger partial charge in [-0.1, -0.05) is 0 Å². The van der Waals surface area contributed by atoms with Crippen LogP contribution in [-0.2, 0) is 0 Å². The van der Waals surface area contributed by atoms with Crippen molar-refractivity contribution in [2.45, 2.75) is 75.5 Å². The van der Waals surface area contributed by atoms with E-state index in [2.05, 4.69) is 17.5 Å². The van der Waals surface area contributed by atoms with Gasteiger partial charge in [0.2, 0.25) is 5.82 Å². The molecule has 4 heterocycles. The molecule has 59 heavy (non-hydrogen) atoms. The predicted molar refractivity (Wildman–Crippen MR) is 212 cm³/mol. The van der Waals surface area contributed by atoms with Crippen molar-refractivity contribution in [3.63, 3.8) is 0 Å². The zero-order valence-electron chi connectivity index (χ0n) is 32.6. The second kappa shape index (κ2) is 17.4. The molecule has 18 nitrogen and oxygen atoms in total. The van der Waals surface area contributed by atoms with E-state index in [1.165, 1.54) is 16.2 Å². The van der Waals surface area contributed by atoms with Gasteiger partial charge >= 0.3 is 11.4 Å². The molecule has 4 aliphatic rings. The zero-order valence-corrected chi connectivity index (χ0v) is 32.6. The third kappa shape index (κ3) is 8.18. The predicted octanol–water partition coefficient (Wildman–Crippen LogP) is 0.762. The second-order valence-electron chi connectivity index (χ2n) is 15.2. The lowest BCUT2D eigenvalue weighted by atomic mass is 9.98. The molecule has 2 aliphatic heterocycles. The van der Waals surface area contributed by atoms with E-state index in [1.807, 2.05) is 4.90 Å². The standard InChI is InChI=1S/C19H23FN6O3.C12H11F2N3O3.C7H13N3/c1-29-17-15-12(18(27)26(23)19(28)25(15)11-2-3-11)8-13(20)16(17)24-7-5-10(9-24)14(22)4-6-21;1-20-10-8(14)7(13)4-6-9(10)16(5-2-3-5)12(19)17(15)11(6)18;8-3-1-7(9)6-2-4-10-5-6/h8,10-11,14H,2-5,7,9,22-23H2,1H3;4-5H,2-3,15H2,1H3;6-7,10H,1-2,4-5,9H2. The van der Waals surface area contributed by atoms with Crippen molar-refractivity contribution in [2.24, 2.45) is 23.3 Å². The normalized spacial score (nSPS) is 19.6. The maximum Gasteiger partial charge on any atom is 0.350 e. The Morgan fingerprint density at radius 1 is 0.763 bits per heavy atom. The number of nitrogens with zero attached hydrogens (tertiary/aromatic N) is 7. The summed E-state index contributed by atoms with van der Waals surface area (Å²) < 4.78 is 56.4. The van der Waals surface area contributed by atoms with E-state index in [0.29, 0.717) is 54.0 Å². The number of methoxy groups -OCH3 is 2. The number of nitrogens with one attached hydrogen (secondary N) is 1. The topological polar surface area (TPSA) is 273 Å². The molecular formula is C38H47F3N12O6. The number of benzene rings is 2. The largest absolute Gasteiger partial charge is 0.492 e. The van der Waals surface area contributed by atoms with Crippen molar-refractivity contribution in [1.29, 1.82) is 10.5 Å². The van der Waals surface area contributed by atoms with Crippen molar-refractivity contribution in [2.75, 3.05) is 57.0 Å². The maximum absolute atomic E-state index is 15.2. The van der Waals surface area contributed by atoms with E-state index >= 15 is 4.39 Å². The van der Waals surface area contributed by atoms with Crippen LogP contribution in [0.5, 0.6) is 11.5 Å². The van der Waals surface area contributed by atoms with Gasteiger partial charge in [-0.05, 0) is 75.6 Å². The fourth-order valence-corrected chi connectivity index (χ4v) is 7.80. The molecule has 9 N–H and O–H groups in total. The van der Waals surface area contributed by atoms with E-state index < -0.39 is 45.7 Å². The van der Waals surface area contributed by atoms with Gasteiger partial charge < -0.3 is 42.8 Å². The lowest BCUT2D eigenvalue weighted by Crippen LogP contribution is -2.44. The average Bonchev–Trinajstić information content (AvgIpc) is 4.13. The molecule has 2 aromatic heterocycles. The highest BCUT2D eigenvalue weighted by atomic mass is 19.2. The molecule has 4 fully saturated rings. The average molecular weight is 825 g/mol. The first-order valence-corrected chi connectivity index (χ1v) is 19.2. The third-order valence-corrected chi connectivity index (χ3v) is 11.3. The summed E-state index contributed by atoms with van der Waals surface area (Å²) in [6.45, 7) is 3.04. The number of anilines is 1. The Balaban J connectivity index is 0.000000168. The Hall–Kier alpha value is -6.03. The van der Waals surface area contributed by atoms with Crippen LogP contribution in [0.2, 0.25) is 0 Å². The van der Waals surface area contributed by atoms with Gasteiger partial charge in [0.1, 0.15) is 16.7 Å². The summed E-state index contributed by atoms with van der Waals surface area (Å²) in [5.41, 5.74) is 9.17. The molecule has 4 unspecified atom stereocenters. The highest BCUT2D eigenvalue weighted by Gasteiger charge is 2.36. The Morgan fingerprint density at radius 2 is 1.25 bits per heavy atom. The first-order chi connectivity index (χ1) is 28.2. The summed E-state index contributed by atoms with van der Waals surface area (Å²) >= 11 is 0. The van der Waals surface area contributed by atoms with Gasteiger partial charge in [0, 0.05) is 37.3 Å². The van der Waals surface area contributed by atoms with Gasteiger partial charge in [0.25, 0.3) is 11.1 Å². The number of ether oxygens (including phenoxy) is 2. The van der Waals surface area contributed by atoms with Gasteiger partial charge in [-0.3, -0.25) is 18.7 Å². The number of nitriles is 2. The summed E-state index contributed by atoms with van der Waals surface area (Å²) in [5.74, 6) is 8.23. The molecule has 0 bridgehead atoms. The molecule has 4 aromatic rings. The molecule has 2 aliphatic carbocycles. The number of fused-ring (bicyclic) bond motifs is 2. The Kier molecular flexibility index (Phi) is 12.6. The van der Waals surface area contributed by atoms with E-state index in [4.69, 9.17) is 43.2 Å². The first kappa shape index (κ1) is 42.6. The minimum Gasteiger partial charge on any atom is -0.492 e. The van der Waals surface area contributed by atoms with Gasteiger partial charge in [-0.15, -0.1) is 0 Å². The van der Waals surface area contributed by atoms with Crippen molar-refractivity contribution >= 4 is 27.5 Å². The molecule has 2 saturated carbocycles. The Labute approximate surface area is 334 Å². The Bertz CT molecular complexity index is 2580. The van der Waals surface area contributed by atoms with Gasteiger partial charge in [-0.25, -0.2) is 18.4 Å². The van der Waals surface area contributed by atoms with E-state index in [9.17, 15) is 28.0 Å². The van der Waals surface area contributed by atoms with Crippen molar-refractivity contribution < 1.29 is 22.6 Å². The van der Waals surface area contributed by atoms with Crippen molar-refractivity contribution in [3.8, 4) is 23.6 Å². The monoisotopic (exact) mass is 824 g/mol. The number of halogens is 3. The minimum atomic E-state index is -1.23. The van der Waals surface area contributed by atoms with Crippen LogP contribution >= 0.6 is 0 Å². The minimum absolute atomic E-state index is 0.00836. The van der Waals surface area contributed by atoms with E-state index in [0.717, 1.165) is 51.6 Å². The van der Waals surface area contributed by atoms with Gasteiger partial charge in [-0.2, -0.15) is 24.3 Å². The van der Waals surface area contributed by atoms with Crippen LogP contribution in [0.25, 0.3) is 21.8 Å². The molecule has 8 rings (SSSR count). The van der Waals surface area contributed by atoms with Crippen molar-refractivity contribution in [1.82, 2.24) is 23.8 Å². The van der Waals surface area contributed by atoms with E-state index in [-0.39, 0.29) is 69.7 Å². The second-order valence-corrected chi connectivity index (χ2v) is 15.2. The zero-order chi connectivity index (χ0) is 42.9. The van der Waals surface area contributed by atoms with Crippen LogP contribution in [0.1, 0.15) is 63.5 Å². The Morgan fingerprint density at radius 3 is 1.71 bits per heavy atom. The fraction of sp³-hybridized carbons (Fsp3) is 0.526. The highest BCUT2D eigenvalue weighted by molar-refractivity contribution is 5.91. The summed E-state index contributed by atoms with van der Waals surface area (Å²) in [4.78, 5) is 51.1. The molecule has 2 aromatic carbocycles. The number of hydrogen-bond acceptors (Lipinski definition) is 14. The van der Waals surface area contributed by atoms with Crippen LogP contribution in [0.15, 0.2) is 31.3 Å². The molecule has 4 atom stereocenters. The van der Waals surface area contributed by atoms with Crippen LogP contribution in [0.4, 0.5) is 18.9 Å². The fourth-order valence-electron chi connectivity index (χ4n) is 7.80. The smallest absolute Gasteiger partial charge is 0.350 e. The van der Waals surface area contributed by atoms with Crippen LogP contribution in [-0.4, -0.2) is 71.0 Å². The summed E-state index contributed by atoms with van der Waals surface area (Å²) in [6, 6.07) is 5.53. The lowest BCUT2D eigenvalue weighted by Gasteiger charge is -2.25. The summed E-state index contributed by atoms with van der Waals surface area (Å²) in [7, 11) is 2.54. The van der Waals surface area contributed by atoms with Crippen LogP contribution < -0.4 is 65.3 Å². The quantitative estimate of drug-likeness (QED) is 0.146. The molecule has 0 amide bonds. The van der Waals surface area contributed by atoms with Gasteiger partial charge in [0.05, 0.1) is 50.0 Å². The highest BCUT2D eigenvalue weighted by Crippen LogP contribution is 2.44. The van der Waals surface area contributed by atoms with Crippen LogP contribution in [0, 0.1) is 51.9 Å². The van der Waals surface area contributed by atoms with Crippen LogP contribution in [0.3, 0.4) is 0 Å². The molecule has 316 valence electrons. The number of hydrogen-bond donors (Lipinski definition) is 5.